The summed E-state index contributed by atoms with van der Waals surface area (Å²) in [4.78, 5) is 17.8. The number of hydrogen-bond acceptors (Lipinski definition) is 3. The molecule has 0 spiro atoms. The first-order chi connectivity index (χ1) is 8.67. The van der Waals surface area contributed by atoms with Crippen molar-refractivity contribution in [3.8, 4) is 0 Å². The molecule has 0 bridgehead atoms. The number of benzene rings is 1. The Hall–Kier alpha value is -1.62. The average molecular weight is 307 g/mol. The van der Waals surface area contributed by atoms with Crippen molar-refractivity contribution in [2.75, 3.05) is 11.4 Å². The molecular formula is C13H11BrN2O2. The maximum Gasteiger partial charge on any atom is 0.305 e. The van der Waals surface area contributed by atoms with E-state index >= 15 is 0 Å². The van der Waals surface area contributed by atoms with Gasteiger partial charge in [0.2, 0.25) is 5.91 Å². The van der Waals surface area contributed by atoms with Crippen molar-refractivity contribution in [1.29, 1.82) is 0 Å². The summed E-state index contributed by atoms with van der Waals surface area (Å²) in [5.41, 5.74) is 1.43. The number of carbonyl (C=O) groups excluding carboxylic acids is 1. The number of carbonyl (C=O) groups is 1. The normalized spacial score (nSPS) is 19.7. The molecule has 1 aromatic heterocycles. The van der Waals surface area contributed by atoms with E-state index in [9.17, 15) is 4.79 Å². The van der Waals surface area contributed by atoms with Crippen molar-refractivity contribution < 1.29 is 9.21 Å². The van der Waals surface area contributed by atoms with Gasteiger partial charge in [0.15, 0.2) is 5.58 Å². The zero-order valence-electron chi connectivity index (χ0n) is 9.60. The van der Waals surface area contributed by atoms with Gasteiger partial charge >= 0.3 is 6.01 Å². The number of amides is 1. The van der Waals surface area contributed by atoms with Gasteiger partial charge in [-0.1, -0.05) is 22.0 Å². The molecule has 18 heavy (non-hydrogen) atoms. The number of oxazole rings is 1. The molecule has 1 unspecified atom stereocenters. The summed E-state index contributed by atoms with van der Waals surface area (Å²) < 4.78 is 6.55. The monoisotopic (exact) mass is 306 g/mol. The van der Waals surface area contributed by atoms with E-state index in [1.807, 2.05) is 18.2 Å². The van der Waals surface area contributed by atoms with Crippen molar-refractivity contribution in [2.45, 2.75) is 6.42 Å². The third-order valence-corrected chi connectivity index (χ3v) is 3.55. The van der Waals surface area contributed by atoms with Crippen molar-refractivity contribution in [3.05, 3.63) is 35.3 Å². The highest BCUT2D eigenvalue weighted by Gasteiger charge is 2.31. The second-order valence-electron chi connectivity index (χ2n) is 4.31. The fraction of sp³-hybridized carbons (Fsp3) is 0.231. The lowest BCUT2D eigenvalue weighted by Gasteiger charge is -2.09. The molecule has 1 saturated heterocycles. The highest BCUT2D eigenvalue weighted by atomic mass is 79.9. The van der Waals surface area contributed by atoms with Gasteiger partial charge in [-0.3, -0.25) is 9.69 Å². The lowest BCUT2D eigenvalue weighted by Crippen LogP contribution is -2.24. The van der Waals surface area contributed by atoms with Crippen molar-refractivity contribution >= 4 is 39.0 Å². The number of rotatable bonds is 2. The number of hydrogen-bond donors (Lipinski definition) is 0. The van der Waals surface area contributed by atoms with Crippen LogP contribution in [-0.2, 0) is 4.79 Å². The van der Waals surface area contributed by atoms with Gasteiger partial charge in [-0.05, 0) is 18.2 Å². The molecule has 1 aliphatic heterocycles. The second kappa shape index (κ2) is 4.24. The minimum atomic E-state index is 0.0329. The van der Waals surface area contributed by atoms with E-state index < -0.39 is 0 Å². The Morgan fingerprint density at radius 3 is 3.11 bits per heavy atom. The second-order valence-corrected chi connectivity index (χ2v) is 5.23. The quantitative estimate of drug-likeness (QED) is 0.801. The summed E-state index contributed by atoms with van der Waals surface area (Å²) in [7, 11) is 0. The van der Waals surface area contributed by atoms with E-state index in [4.69, 9.17) is 4.42 Å². The van der Waals surface area contributed by atoms with Crippen LogP contribution in [0.15, 0.2) is 39.7 Å². The van der Waals surface area contributed by atoms with E-state index in [1.54, 1.807) is 11.0 Å². The van der Waals surface area contributed by atoms with Crippen LogP contribution in [0.1, 0.15) is 6.42 Å². The molecule has 0 radical (unpaired) electrons. The fourth-order valence-corrected chi connectivity index (χ4v) is 2.43. The van der Waals surface area contributed by atoms with Gasteiger partial charge in [0, 0.05) is 23.4 Å². The Morgan fingerprint density at radius 1 is 1.56 bits per heavy atom. The Labute approximate surface area is 112 Å². The van der Waals surface area contributed by atoms with Gasteiger partial charge in [0.25, 0.3) is 0 Å². The standard InChI is InChI=1S/C13H11BrN2O2/c1-2-8-5-12(17)16(7-8)13-15-10-6-9(14)3-4-11(10)18-13/h2-4,6,8H,1,5,7H2. The van der Waals surface area contributed by atoms with E-state index in [-0.39, 0.29) is 11.8 Å². The molecule has 1 atom stereocenters. The number of halogens is 1. The third-order valence-electron chi connectivity index (χ3n) is 3.06. The summed E-state index contributed by atoms with van der Waals surface area (Å²) in [5.74, 6) is 0.213. The Bertz CT molecular complexity index is 635. The van der Waals surface area contributed by atoms with Gasteiger partial charge < -0.3 is 4.42 Å². The highest BCUT2D eigenvalue weighted by Crippen LogP contribution is 2.29. The van der Waals surface area contributed by atoms with Gasteiger partial charge in [-0.2, -0.15) is 4.98 Å². The summed E-state index contributed by atoms with van der Waals surface area (Å²) in [6, 6.07) is 5.96. The van der Waals surface area contributed by atoms with Crippen LogP contribution in [0.25, 0.3) is 11.1 Å². The minimum absolute atomic E-state index is 0.0329. The maximum atomic E-state index is 11.9. The van der Waals surface area contributed by atoms with Gasteiger partial charge in [-0.25, -0.2) is 0 Å². The van der Waals surface area contributed by atoms with Crippen molar-refractivity contribution in [1.82, 2.24) is 4.98 Å². The number of aromatic nitrogens is 1. The number of fused-ring (bicyclic) bond motifs is 1. The van der Waals surface area contributed by atoms with Gasteiger partial charge in [0.1, 0.15) is 5.52 Å². The predicted octanol–water partition coefficient (Wildman–Crippen LogP) is 3.13. The Kier molecular flexibility index (Phi) is 2.70. The first-order valence-corrected chi connectivity index (χ1v) is 6.45. The molecule has 1 fully saturated rings. The molecule has 92 valence electrons. The molecule has 1 amide bonds. The minimum Gasteiger partial charge on any atom is -0.423 e. The fourth-order valence-electron chi connectivity index (χ4n) is 2.08. The molecule has 3 rings (SSSR count). The lowest BCUT2D eigenvalue weighted by atomic mass is 10.1. The van der Waals surface area contributed by atoms with Crippen molar-refractivity contribution in [2.24, 2.45) is 5.92 Å². The van der Waals surface area contributed by atoms with Crippen LogP contribution in [0.5, 0.6) is 0 Å². The maximum absolute atomic E-state index is 11.9. The van der Waals surface area contributed by atoms with Crippen LogP contribution in [-0.4, -0.2) is 17.4 Å². The van der Waals surface area contributed by atoms with Gasteiger partial charge in [-0.15, -0.1) is 6.58 Å². The lowest BCUT2D eigenvalue weighted by molar-refractivity contribution is -0.117. The molecule has 2 heterocycles. The third kappa shape index (κ3) is 1.84. The number of anilines is 1. The zero-order valence-corrected chi connectivity index (χ0v) is 11.2. The summed E-state index contributed by atoms with van der Waals surface area (Å²) in [5, 5.41) is 0. The topological polar surface area (TPSA) is 46.3 Å². The first-order valence-electron chi connectivity index (χ1n) is 5.66. The molecule has 1 aromatic carbocycles. The largest absolute Gasteiger partial charge is 0.423 e. The molecule has 2 aromatic rings. The predicted molar refractivity (Wildman–Crippen MR) is 72.4 cm³/mol. The van der Waals surface area contributed by atoms with E-state index in [0.717, 1.165) is 9.99 Å². The molecule has 0 N–H and O–H groups in total. The molecule has 0 saturated carbocycles. The SMILES string of the molecule is C=CC1CC(=O)N(c2nc3cc(Br)ccc3o2)C1. The van der Waals surface area contributed by atoms with Gasteiger partial charge in [0.05, 0.1) is 0 Å². The van der Waals surface area contributed by atoms with Crippen LogP contribution in [0.4, 0.5) is 6.01 Å². The molecule has 0 aliphatic carbocycles. The smallest absolute Gasteiger partial charge is 0.305 e. The zero-order chi connectivity index (χ0) is 12.7. The molecule has 4 nitrogen and oxygen atoms in total. The Morgan fingerprint density at radius 2 is 2.39 bits per heavy atom. The summed E-state index contributed by atoms with van der Waals surface area (Å²) in [6.45, 7) is 4.32. The van der Waals surface area contributed by atoms with Crippen LogP contribution in [0.3, 0.4) is 0 Å². The van der Waals surface area contributed by atoms with Crippen LogP contribution >= 0.6 is 15.9 Å². The molecule has 5 heteroatoms. The Balaban J connectivity index is 1.99. The van der Waals surface area contributed by atoms with E-state index in [0.29, 0.717) is 24.6 Å². The van der Waals surface area contributed by atoms with Crippen LogP contribution in [0, 0.1) is 5.92 Å². The summed E-state index contributed by atoms with van der Waals surface area (Å²) in [6.07, 6.45) is 2.28. The number of nitrogens with zero attached hydrogens (tertiary/aromatic N) is 2. The van der Waals surface area contributed by atoms with Crippen molar-refractivity contribution in [3.63, 3.8) is 0 Å². The molecule has 1 aliphatic rings. The van der Waals surface area contributed by atoms with Crippen LogP contribution < -0.4 is 4.90 Å². The first kappa shape index (κ1) is 11.5. The van der Waals surface area contributed by atoms with E-state index in [1.165, 1.54) is 0 Å². The molecular weight excluding hydrogens is 296 g/mol. The summed E-state index contributed by atoms with van der Waals surface area (Å²) >= 11 is 3.38. The highest BCUT2D eigenvalue weighted by molar-refractivity contribution is 9.10. The van der Waals surface area contributed by atoms with Crippen LogP contribution in [0.2, 0.25) is 0 Å². The average Bonchev–Trinajstić information content (AvgIpc) is 2.91. The van der Waals surface area contributed by atoms with E-state index in [2.05, 4.69) is 27.5 Å².